The Morgan fingerprint density at radius 1 is 1.40 bits per heavy atom. The van der Waals surface area contributed by atoms with Gasteiger partial charge in [0.15, 0.2) is 5.82 Å². The Balaban J connectivity index is 2.54. The van der Waals surface area contributed by atoms with Crippen molar-refractivity contribution >= 4 is 12.2 Å². The highest BCUT2D eigenvalue weighted by atomic mass is 32.1. The monoisotopic (exact) mass is 220 g/mol. The first-order chi connectivity index (χ1) is 7.20. The first-order valence-corrected chi connectivity index (χ1v) is 5.21. The van der Waals surface area contributed by atoms with E-state index in [0.29, 0.717) is 0 Å². The second-order valence-electron chi connectivity index (χ2n) is 3.33. The number of nitrogens with zero attached hydrogens (tertiary/aromatic N) is 3. The van der Waals surface area contributed by atoms with Crippen LogP contribution in [-0.4, -0.2) is 19.7 Å². The van der Waals surface area contributed by atoms with Crippen LogP contribution in [0.5, 0.6) is 0 Å². The van der Waals surface area contributed by atoms with E-state index in [1.54, 1.807) is 11.0 Å². The zero-order valence-electron chi connectivity index (χ0n) is 8.69. The van der Waals surface area contributed by atoms with Gasteiger partial charge in [-0.2, -0.15) is 0 Å². The predicted molar refractivity (Wildman–Crippen MR) is 60.7 cm³/mol. The number of aromatic nitrogens is 4. The molecule has 0 unspecified atom stereocenters. The van der Waals surface area contributed by atoms with Crippen molar-refractivity contribution in [3.8, 4) is 5.82 Å². The molecule has 5 heteroatoms. The molecular formula is C10H12N4S. The lowest BCUT2D eigenvalue weighted by Gasteiger charge is -2.01. The Kier molecular flexibility index (Phi) is 2.64. The van der Waals surface area contributed by atoms with Gasteiger partial charge in [-0.3, -0.25) is 5.10 Å². The number of aryl methyl sites for hydroxylation is 2. The molecule has 1 N–H and O–H groups in total. The third kappa shape index (κ3) is 1.97. The number of hydrogen-bond acceptors (Lipinski definition) is 3. The lowest BCUT2D eigenvalue weighted by atomic mass is 10.4. The van der Waals surface area contributed by atoms with Gasteiger partial charge in [0.05, 0.1) is 0 Å². The van der Waals surface area contributed by atoms with Gasteiger partial charge in [0.25, 0.3) is 0 Å². The summed E-state index contributed by atoms with van der Waals surface area (Å²) in [7, 11) is 0. The number of hydrogen-bond donors (Lipinski definition) is 1. The Morgan fingerprint density at radius 2 is 2.20 bits per heavy atom. The van der Waals surface area contributed by atoms with Gasteiger partial charge in [0, 0.05) is 17.5 Å². The number of rotatable bonds is 2. The molecule has 0 radical (unpaired) electrons. The quantitative estimate of drug-likeness (QED) is 0.789. The summed E-state index contributed by atoms with van der Waals surface area (Å²) in [6.07, 6.45) is 2.47. The van der Waals surface area contributed by atoms with E-state index in [1.165, 1.54) is 0 Å². The first-order valence-electron chi connectivity index (χ1n) is 4.80. The average Bonchev–Trinajstić information content (AvgIpc) is 2.60. The lowest BCUT2D eigenvalue weighted by Crippen LogP contribution is -2.01. The van der Waals surface area contributed by atoms with Gasteiger partial charge in [0.2, 0.25) is 0 Å². The highest BCUT2D eigenvalue weighted by molar-refractivity contribution is 7.71. The van der Waals surface area contributed by atoms with E-state index < -0.39 is 0 Å². The van der Waals surface area contributed by atoms with Crippen molar-refractivity contribution in [3.63, 3.8) is 0 Å². The maximum Gasteiger partial charge on any atom is 0.156 e. The topological polar surface area (TPSA) is 46.5 Å². The van der Waals surface area contributed by atoms with Crippen molar-refractivity contribution in [3.05, 3.63) is 34.5 Å². The van der Waals surface area contributed by atoms with Crippen LogP contribution in [0.3, 0.4) is 0 Å². The highest BCUT2D eigenvalue weighted by Gasteiger charge is 2.02. The molecule has 2 aromatic heterocycles. The van der Waals surface area contributed by atoms with Gasteiger partial charge in [-0.1, -0.05) is 19.1 Å². The van der Waals surface area contributed by atoms with E-state index in [4.69, 9.17) is 12.2 Å². The molecule has 0 spiro atoms. The summed E-state index contributed by atoms with van der Waals surface area (Å²) in [5.74, 6) is 0.784. The van der Waals surface area contributed by atoms with Crippen LogP contribution in [0, 0.1) is 11.6 Å². The molecule has 15 heavy (non-hydrogen) atoms. The Bertz CT molecular complexity index is 526. The molecule has 2 heterocycles. The van der Waals surface area contributed by atoms with Crippen LogP contribution >= 0.6 is 12.2 Å². The molecule has 0 aliphatic rings. The standard InChI is InChI=1S/C10H12N4S/c1-3-8-5-10(15)14(13-8)9-4-7(2)11-6-12-9/h4-6,13H,3H2,1-2H3. The van der Waals surface area contributed by atoms with Crippen LogP contribution in [0.1, 0.15) is 18.3 Å². The largest absolute Gasteiger partial charge is 0.296 e. The van der Waals surface area contributed by atoms with Gasteiger partial charge in [-0.15, -0.1) is 0 Å². The average molecular weight is 220 g/mol. The summed E-state index contributed by atoms with van der Waals surface area (Å²) in [5.41, 5.74) is 2.03. The maximum atomic E-state index is 5.24. The SMILES string of the molecule is CCc1cc(=S)n(-c2cc(C)ncn2)[nH]1. The number of aromatic amines is 1. The summed E-state index contributed by atoms with van der Waals surface area (Å²) in [6, 6.07) is 3.85. The first kappa shape index (κ1) is 10.0. The van der Waals surface area contributed by atoms with Gasteiger partial charge in [-0.25, -0.2) is 14.6 Å². The third-order valence-corrected chi connectivity index (χ3v) is 2.47. The van der Waals surface area contributed by atoms with E-state index >= 15 is 0 Å². The minimum Gasteiger partial charge on any atom is -0.296 e. The minimum atomic E-state index is 0.741. The van der Waals surface area contributed by atoms with Crippen molar-refractivity contribution < 1.29 is 0 Å². The highest BCUT2D eigenvalue weighted by Crippen LogP contribution is 2.07. The Labute approximate surface area is 93.0 Å². The summed E-state index contributed by atoms with van der Waals surface area (Å²) < 4.78 is 2.54. The summed E-state index contributed by atoms with van der Waals surface area (Å²) >= 11 is 5.24. The summed E-state index contributed by atoms with van der Waals surface area (Å²) in [6.45, 7) is 4.01. The van der Waals surface area contributed by atoms with Gasteiger partial charge >= 0.3 is 0 Å². The molecule has 78 valence electrons. The minimum absolute atomic E-state index is 0.741. The fraction of sp³-hybridized carbons (Fsp3) is 0.300. The smallest absolute Gasteiger partial charge is 0.156 e. The molecule has 2 rings (SSSR count). The van der Waals surface area contributed by atoms with E-state index in [0.717, 1.165) is 28.3 Å². The van der Waals surface area contributed by atoms with Crippen LogP contribution in [0.25, 0.3) is 5.82 Å². The zero-order chi connectivity index (χ0) is 10.8. The van der Waals surface area contributed by atoms with Crippen molar-refractivity contribution in [2.45, 2.75) is 20.3 Å². The Hall–Kier alpha value is -1.49. The molecule has 0 aliphatic carbocycles. The molecule has 2 aromatic rings. The molecule has 0 atom stereocenters. The van der Waals surface area contributed by atoms with E-state index in [9.17, 15) is 0 Å². The summed E-state index contributed by atoms with van der Waals surface area (Å²) in [5, 5.41) is 3.20. The zero-order valence-corrected chi connectivity index (χ0v) is 9.51. The third-order valence-electron chi connectivity index (χ3n) is 2.17. The van der Waals surface area contributed by atoms with Crippen LogP contribution in [0.2, 0.25) is 0 Å². The molecule has 0 saturated heterocycles. The van der Waals surface area contributed by atoms with E-state index in [2.05, 4.69) is 22.0 Å². The molecule has 0 bridgehead atoms. The van der Waals surface area contributed by atoms with Crippen molar-refractivity contribution in [2.75, 3.05) is 0 Å². The van der Waals surface area contributed by atoms with Gasteiger partial charge in [-0.05, 0) is 19.4 Å². The number of H-pyrrole nitrogens is 1. The molecular weight excluding hydrogens is 208 g/mol. The lowest BCUT2D eigenvalue weighted by molar-refractivity contribution is 0.800. The van der Waals surface area contributed by atoms with Crippen LogP contribution in [-0.2, 0) is 6.42 Å². The van der Waals surface area contributed by atoms with Crippen molar-refractivity contribution in [1.82, 2.24) is 19.7 Å². The summed E-state index contributed by atoms with van der Waals surface area (Å²) in [4.78, 5) is 8.22. The van der Waals surface area contributed by atoms with Crippen molar-refractivity contribution in [2.24, 2.45) is 0 Å². The molecule has 0 saturated carbocycles. The Morgan fingerprint density at radius 3 is 2.80 bits per heavy atom. The van der Waals surface area contributed by atoms with Crippen molar-refractivity contribution in [1.29, 1.82) is 0 Å². The normalized spacial score (nSPS) is 10.5. The van der Waals surface area contributed by atoms with E-state index in [1.807, 2.05) is 19.1 Å². The predicted octanol–water partition coefficient (Wildman–Crippen LogP) is 2.20. The van der Waals surface area contributed by atoms with Crippen LogP contribution in [0.15, 0.2) is 18.5 Å². The van der Waals surface area contributed by atoms with E-state index in [-0.39, 0.29) is 0 Å². The molecule has 4 nitrogen and oxygen atoms in total. The fourth-order valence-corrected chi connectivity index (χ4v) is 1.64. The maximum absolute atomic E-state index is 5.24. The fourth-order valence-electron chi connectivity index (χ4n) is 1.36. The van der Waals surface area contributed by atoms with Gasteiger partial charge < -0.3 is 0 Å². The second kappa shape index (κ2) is 3.94. The molecule has 0 fully saturated rings. The molecule has 0 aliphatic heterocycles. The van der Waals surface area contributed by atoms with Crippen LogP contribution < -0.4 is 0 Å². The molecule has 0 aromatic carbocycles. The van der Waals surface area contributed by atoms with Gasteiger partial charge in [0.1, 0.15) is 11.0 Å². The second-order valence-corrected chi connectivity index (χ2v) is 3.74. The number of nitrogens with one attached hydrogen (secondary N) is 1. The van der Waals surface area contributed by atoms with Crippen LogP contribution in [0.4, 0.5) is 0 Å². The molecule has 0 amide bonds.